The zero-order chi connectivity index (χ0) is 23.8. The molecule has 1 aliphatic heterocycles. The number of nitrogens with zero attached hydrogens (tertiary/aromatic N) is 1. The van der Waals surface area contributed by atoms with E-state index < -0.39 is 0 Å². The topological polar surface area (TPSA) is 40.5 Å². The van der Waals surface area contributed by atoms with Gasteiger partial charge in [-0.05, 0) is 115 Å². The Morgan fingerprint density at radius 1 is 0.800 bits per heavy atom. The quantitative estimate of drug-likeness (QED) is 0.444. The molecule has 0 saturated carbocycles. The van der Waals surface area contributed by atoms with Crippen LogP contribution in [-0.4, -0.2) is 24.5 Å². The first-order chi connectivity index (χ1) is 17.2. The zero-order valence-electron chi connectivity index (χ0n) is 20.5. The fourth-order valence-corrected chi connectivity index (χ4v) is 6.90. The highest BCUT2D eigenvalue weighted by Gasteiger charge is 2.34. The fraction of sp³-hybridized carbons (Fsp3) is 0.406. The third-order valence-corrected chi connectivity index (χ3v) is 8.77. The number of aldehydes is 1. The lowest BCUT2D eigenvalue weighted by atomic mass is 9.67. The summed E-state index contributed by atoms with van der Waals surface area (Å²) in [6.07, 6.45) is 10.2. The van der Waals surface area contributed by atoms with Crippen LogP contribution in [0.25, 0.3) is 0 Å². The van der Waals surface area contributed by atoms with E-state index >= 15 is 0 Å². The van der Waals surface area contributed by atoms with Gasteiger partial charge in [0.2, 0.25) is 0 Å². The number of benzene rings is 3. The van der Waals surface area contributed by atoms with E-state index in [9.17, 15) is 9.90 Å². The molecule has 1 saturated heterocycles. The number of carbonyl (C=O) groups excluding carboxylic acids is 1. The molecular weight excluding hydrogens is 430 g/mol. The molecule has 0 amide bonds. The molecule has 2 aliphatic carbocycles. The molecule has 0 radical (unpaired) electrons. The third-order valence-electron chi connectivity index (χ3n) is 8.77. The van der Waals surface area contributed by atoms with Crippen LogP contribution in [-0.2, 0) is 24.1 Å². The predicted molar refractivity (Wildman–Crippen MR) is 142 cm³/mol. The second-order valence-electron chi connectivity index (χ2n) is 10.8. The van der Waals surface area contributed by atoms with E-state index in [1.54, 1.807) is 16.7 Å². The fourth-order valence-electron chi connectivity index (χ4n) is 6.90. The maximum atomic E-state index is 11.1. The molecule has 180 valence electrons. The molecule has 3 nitrogen and oxygen atoms in total. The summed E-state index contributed by atoms with van der Waals surface area (Å²) in [4.78, 5) is 13.6. The molecule has 1 N–H and O–H groups in total. The lowest BCUT2D eigenvalue weighted by Crippen LogP contribution is -2.34. The summed E-state index contributed by atoms with van der Waals surface area (Å²) in [6, 6.07) is 22.2. The van der Waals surface area contributed by atoms with Crippen LogP contribution in [0, 0.1) is 5.92 Å². The molecule has 6 rings (SSSR count). The number of carbonyl (C=O) groups is 1. The maximum Gasteiger partial charge on any atom is 0.123 e. The van der Waals surface area contributed by atoms with Crippen LogP contribution in [0.4, 0.5) is 5.69 Å². The average molecular weight is 466 g/mol. The number of aromatic hydroxyl groups is 1. The minimum absolute atomic E-state index is 0.221. The molecule has 3 aromatic carbocycles. The van der Waals surface area contributed by atoms with Gasteiger partial charge in [-0.3, -0.25) is 0 Å². The lowest BCUT2D eigenvalue weighted by molar-refractivity contribution is -0.111. The van der Waals surface area contributed by atoms with Crippen molar-refractivity contribution in [2.24, 2.45) is 5.92 Å². The number of phenolic OH excluding ortho intramolecular Hbond substituents is 1. The minimum Gasteiger partial charge on any atom is -0.508 e. The van der Waals surface area contributed by atoms with Crippen LogP contribution >= 0.6 is 0 Å². The number of hydrogen-bond acceptors (Lipinski definition) is 3. The van der Waals surface area contributed by atoms with Crippen LogP contribution in [0.1, 0.15) is 77.3 Å². The molecule has 2 atom stereocenters. The van der Waals surface area contributed by atoms with Gasteiger partial charge in [0.25, 0.3) is 0 Å². The Morgan fingerprint density at radius 3 is 2.40 bits per heavy atom. The van der Waals surface area contributed by atoms with Crippen LogP contribution in [0.5, 0.6) is 5.75 Å². The van der Waals surface area contributed by atoms with E-state index in [0.29, 0.717) is 17.6 Å². The van der Waals surface area contributed by atoms with Gasteiger partial charge in [0.15, 0.2) is 0 Å². The monoisotopic (exact) mass is 465 g/mol. The van der Waals surface area contributed by atoms with Crippen molar-refractivity contribution < 1.29 is 9.90 Å². The molecule has 2 unspecified atom stereocenters. The molecule has 1 heterocycles. The van der Waals surface area contributed by atoms with E-state index in [1.807, 2.05) is 12.1 Å². The van der Waals surface area contributed by atoms with Gasteiger partial charge in [-0.2, -0.15) is 0 Å². The van der Waals surface area contributed by atoms with Gasteiger partial charge in [-0.25, -0.2) is 0 Å². The number of hydrogen-bond donors (Lipinski definition) is 1. The highest BCUT2D eigenvalue weighted by molar-refractivity contribution is 5.57. The van der Waals surface area contributed by atoms with Crippen molar-refractivity contribution in [3.8, 4) is 5.75 Å². The van der Waals surface area contributed by atoms with Crippen molar-refractivity contribution in [1.82, 2.24) is 0 Å². The van der Waals surface area contributed by atoms with E-state index in [-0.39, 0.29) is 5.92 Å². The number of piperidine rings is 1. The first kappa shape index (κ1) is 22.4. The molecule has 0 bridgehead atoms. The largest absolute Gasteiger partial charge is 0.508 e. The summed E-state index contributed by atoms with van der Waals surface area (Å²) < 4.78 is 0. The Morgan fingerprint density at radius 2 is 1.60 bits per heavy atom. The van der Waals surface area contributed by atoms with Crippen molar-refractivity contribution >= 4 is 12.0 Å². The van der Waals surface area contributed by atoms with Crippen LogP contribution in [0.3, 0.4) is 0 Å². The van der Waals surface area contributed by atoms with E-state index in [0.717, 1.165) is 45.1 Å². The summed E-state index contributed by atoms with van der Waals surface area (Å²) in [5.74, 6) is 1.34. The summed E-state index contributed by atoms with van der Waals surface area (Å²) in [5.41, 5.74) is 9.98. The van der Waals surface area contributed by atoms with Gasteiger partial charge in [-0.15, -0.1) is 0 Å². The molecule has 3 heteroatoms. The molecule has 0 spiro atoms. The summed E-state index contributed by atoms with van der Waals surface area (Å²) in [7, 11) is 0. The van der Waals surface area contributed by atoms with Gasteiger partial charge in [0.1, 0.15) is 12.0 Å². The second-order valence-corrected chi connectivity index (χ2v) is 10.8. The zero-order valence-corrected chi connectivity index (χ0v) is 20.5. The highest BCUT2D eigenvalue weighted by atomic mass is 16.3. The molecule has 35 heavy (non-hydrogen) atoms. The first-order valence-electron chi connectivity index (χ1n) is 13.4. The molecular formula is C32H35NO2. The van der Waals surface area contributed by atoms with E-state index in [1.165, 1.54) is 48.1 Å². The summed E-state index contributed by atoms with van der Waals surface area (Å²) >= 11 is 0. The maximum absolute atomic E-state index is 11.1. The standard InChI is InChI=1S/C32H35NO2/c34-21-22-16-18-33(19-17-22)26-11-8-24(9-12-26)32-29-15-13-27(35)20-25(29)10-14-31(32)30-7-3-5-23-4-1-2-6-28(23)30/h3,5,7-9,11-13,15,20-22,31-32,35H,1-2,4,6,10,14,16-19H2. The SMILES string of the molecule is O=CC1CCN(c2ccc(C3c4ccc(O)cc4CCC3c3cccc4c3CCCC4)cc2)CC1. The number of fused-ring (bicyclic) bond motifs is 2. The highest BCUT2D eigenvalue weighted by Crippen LogP contribution is 2.48. The lowest BCUT2D eigenvalue weighted by Gasteiger charge is -2.37. The molecule has 0 aromatic heterocycles. The van der Waals surface area contributed by atoms with Crippen molar-refractivity contribution in [3.05, 3.63) is 94.0 Å². The van der Waals surface area contributed by atoms with Crippen molar-refractivity contribution in [1.29, 1.82) is 0 Å². The summed E-state index contributed by atoms with van der Waals surface area (Å²) in [6.45, 7) is 1.90. The summed E-state index contributed by atoms with van der Waals surface area (Å²) in [5, 5.41) is 10.2. The van der Waals surface area contributed by atoms with Crippen LogP contribution in [0.2, 0.25) is 0 Å². The number of phenols is 1. The van der Waals surface area contributed by atoms with Gasteiger partial charge in [0, 0.05) is 30.6 Å². The Hall–Kier alpha value is -3.07. The van der Waals surface area contributed by atoms with Gasteiger partial charge >= 0.3 is 0 Å². The van der Waals surface area contributed by atoms with Crippen molar-refractivity contribution in [3.63, 3.8) is 0 Å². The van der Waals surface area contributed by atoms with Crippen molar-refractivity contribution in [2.75, 3.05) is 18.0 Å². The van der Waals surface area contributed by atoms with Gasteiger partial charge in [0.05, 0.1) is 0 Å². The van der Waals surface area contributed by atoms with E-state index in [2.05, 4.69) is 53.4 Å². The smallest absolute Gasteiger partial charge is 0.123 e. The van der Waals surface area contributed by atoms with Gasteiger partial charge < -0.3 is 14.8 Å². The number of rotatable bonds is 4. The predicted octanol–water partition coefficient (Wildman–Crippen LogP) is 6.55. The normalized spacial score (nSPS) is 22.3. The first-order valence-corrected chi connectivity index (χ1v) is 13.4. The Kier molecular flexibility index (Phi) is 6.10. The Labute approximate surface area is 208 Å². The van der Waals surface area contributed by atoms with E-state index in [4.69, 9.17) is 0 Å². The third kappa shape index (κ3) is 4.26. The average Bonchev–Trinajstić information content (AvgIpc) is 2.92. The number of aryl methyl sites for hydroxylation is 2. The molecule has 3 aliphatic rings. The van der Waals surface area contributed by atoms with Crippen LogP contribution < -0.4 is 4.90 Å². The Bertz CT molecular complexity index is 1210. The second kappa shape index (κ2) is 9.53. The van der Waals surface area contributed by atoms with Crippen molar-refractivity contribution in [2.45, 2.75) is 63.2 Å². The Balaban J connectivity index is 1.37. The van der Waals surface area contributed by atoms with Gasteiger partial charge in [-0.1, -0.05) is 36.4 Å². The molecule has 1 fully saturated rings. The molecule has 3 aromatic rings. The minimum atomic E-state index is 0.221. The number of anilines is 1. The van der Waals surface area contributed by atoms with Crippen LogP contribution in [0.15, 0.2) is 60.7 Å².